The molecule has 0 aliphatic rings. The number of hydrogen-bond donors (Lipinski definition) is 2. The van der Waals surface area contributed by atoms with Crippen molar-refractivity contribution in [1.29, 1.82) is 0 Å². The fourth-order valence-corrected chi connectivity index (χ4v) is 3.75. The molecular formula is C22H23N5O3. The summed E-state index contributed by atoms with van der Waals surface area (Å²) in [6.45, 7) is 3.93. The first kappa shape index (κ1) is 19.6. The average molecular weight is 405 g/mol. The zero-order chi connectivity index (χ0) is 21.6. The average Bonchev–Trinajstić information content (AvgIpc) is 3.13. The highest BCUT2D eigenvalue weighted by Gasteiger charge is 2.20. The minimum Gasteiger partial charge on any atom is -0.361 e. The van der Waals surface area contributed by atoms with Crippen LogP contribution in [0.1, 0.15) is 30.9 Å². The van der Waals surface area contributed by atoms with Gasteiger partial charge in [0.05, 0.1) is 12.1 Å². The number of aryl methyl sites for hydroxylation is 1. The Morgan fingerprint density at radius 3 is 2.63 bits per heavy atom. The van der Waals surface area contributed by atoms with Gasteiger partial charge < -0.3 is 10.3 Å². The number of pyridine rings is 1. The van der Waals surface area contributed by atoms with Gasteiger partial charge in [0, 0.05) is 37.4 Å². The number of hydrogen-bond acceptors (Lipinski definition) is 4. The van der Waals surface area contributed by atoms with Gasteiger partial charge in [0.25, 0.3) is 5.56 Å². The van der Waals surface area contributed by atoms with Crippen LogP contribution in [0.15, 0.2) is 46.2 Å². The van der Waals surface area contributed by atoms with Crippen LogP contribution in [-0.4, -0.2) is 25.0 Å². The Morgan fingerprint density at radius 2 is 1.90 bits per heavy atom. The highest BCUT2D eigenvalue weighted by molar-refractivity contribution is 6.03. The lowest BCUT2D eigenvalue weighted by Crippen LogP contribution is -2.38. The molecule has 0 aliphatic carbocycles. The summed E-state index contributed by atoms with van der Waals surface area (Å²) >= 11 is 0. The zero-order valence-corrected chi connectivity index (χ0v) is 17.3. The maximum atomic E-state index is 13.0. The summed E-state index contributed by atoms with van der Waals surface area (Å²) in [5, 5.41) is 4.15. The van der Waals surface area contributed by atoms with E-state index in [0.717, 1.165) is 26.6 Å². The smallest absolute Gasteiger partial charge is 0.332 e. The number of aromatic amines is 1. The minimum atomic E-state index is -0.481. The largest absolute Gasteiger partial charge is 0.361 e. The van der Waals surface area contributed by atoms with E-state index in [9.17, 15) is 14.4 Å². The third-order valence-electron chi connectivity index (χ3n) is 5.41. The second-order valence-electron chi connectivity index (χ2n) is 7.73. The zero-order valence-electron chi connectivity index (χ0n) is 17.3. The first-order valence-electron chi connectivity index (χ1n) is 9.73. The van der Waals surface area contributed by atoms with Gasteiger partial charge >= 0.3 is 5.69 Å². The van der Waals surface area contributed by atoms with Gasteiger partial charge in [-0.25, -0.2) is 9.78 Å². The van der Waals surface area contributed by atoms with Crippen molar-refractivity contribution < 1.29 is 4.79 Å². The molecule has 2 N–H and O–H groups in total. The molecule has 1 aromatic carbocycles. The molecule has 3 heterocycles. The quantitative estimate of drug-likeness (QED) is 0.544. The number of rotatable bonds is 4. The number of benzene rings is 1. The summed E-state index contributed by atoms with van der Waals surface area (Å²) in [6.07, 6.45) is 3.59. The molecule has 3 aromatic heterocycles. The van der Waals surface area contributed by atoms with Crippen LogP contribution in [0.3, 0.4) is 0 Å². The van der Waals surface area contributed by atoms with Gasteiger partial charge in [0.15, 0.2) is 5.65 Å². The van der Waals surface area contributed by atoms with Crippen molar-refractivity contribution in [3.63, 3.8) is 0 Å². The number of fused-ring (bicyclic) bond motifs is 2. The molecule has 0 saturated heterocycles. The van der Waals surface area contributed by atoms with E-state index in [1.54, 1.807) is 13.2 Å². The lowest BCUT2D eigenvalue weighted by molar-refractivity contribution is -0.115. The topological polar surface area (TPSA) is 102 Å². The van der Waals surface area contributed by atoms with Crippen molar-refractivity contribution in [1.82, 2.24) is 19.1 Å². The van der Waals surface area contributed by atoms with Crippen molar-refractivity contribution in [3.8, 4) is 0 Å². The maximum absolute atomic E-state index is 13.0. The first-order chi connectivity index (χ1) is 14.3. The Balaban J connectivity index is 1.82. The third-order valence-corrected chi connectivity index (χ3v) is 5.41. The van der Waals surface area contributed by atoms with Crippen molar-refractivity contribution in [2.45, 2.75) is 26.2 Å². The van der Waals surface area contributed by atoms with Crippen LogP contribution in [0.5, 0.6) is 0 Å². The second-order valence-corrected chi connectivity index (χ2v) is 7.73. The fraction of sp³-hybridized carbons (Fsp3) is 0.273. The van der Waals surface area contributed by atoms with Gasteiger partial charge in [-0.2, -0.15) is 0 Å². The first-order valence-corrected chi connectivity index (χ1v) is 9.73. The number of para-hydroxylation sites is 1. The number of amides is 1. The molecule has 154 valence electrons. The molecule has 30 heavy (non-hydrogen) atoms. The SMILES string of the molecule is CC(C)c1cnc2c(c1NC(=O)Cc1c[nH]c3ccccc13)c(=O)n(C)c(=O)n2C. The number of nitrogens with one attached hydrogen (secondary N) is 2. The lowest BCUT2D eigenvalue weighted by atomic mass is 10.0. The summed E-state index contributed by atoms with van der Waals surface area (Å²) in [5.41, 5.74) is 2.28. The summed E-state index contributed by atoms with van der Waals surface area (Å²) in [4.78, 5) is 45.7. The van der Waals surface area contributed by atoms with Gasteiger partial charge in [-0.1, -0.05) is 32.0 Å². The standard InChI is InChI=1S/C22H23N5O3/c1-12(2)15-11-24-20-18(21(29)27(4)22(30)26(20)3)19(15)25-17(28)9-13-10-23-16-8-6-5-7-14(13)16/h5-8,10-12,23H,9H2,1-4H3,(H,24,25,28). The van der Waals surface area contributed by atoms with Crippen molar-refractivity contribution in [2.75, 3.05) is 5.32 Å². The van der Waals surface area contributed by atoms with Crippen LogP contribution in [0.2, 0.25) is 0 Å². The number of H-pyrrole nitrogens is 1. The van der Waals surface area contributed by atoms with E-state index in [1.807, 2.05) is 44.3 Å². The second kappa shape index (κ2) is 7.29. The molecule has 0 atom stereocenters. The van der Waals surface area contributed by atoms with Crippen LogP contribution in [0.25, 0.3) is 21.9 Å². The predicted molar refractivity (Wildman–Crippen MR) is 117 cm³/mol. The van der Waals surface area contributed by atoms with Gasteiger partial charge in [0.2, 0.25) is 5.91 Å². The van der Waals surface area contributed by atoms with Crippen molar-refractivity contribution >= 4 is 33.5 Å². The van der Waals surface area contributed by atoms with E-state index in [2.05, 4.69) is 15.3 Å². The molecule has 4 rings (SSSR count). The molecule has 0 bridgehead atoms. The Bertz CT molecular complexity index is 1410. The Hall–Kier alpha value is -3.68. The van der Waals surface area contributed by atoms with Gasteiger partial charge in [-0.3, -0.25) is 18.7 Å². The Labute approximate surface area is 172 Å². The number of nitrogens with zero attached hydrogens (tertiary/aromatic N) is 3. The Morgan fingerprint density at radius 1 is 1.17 bits per heavy atom. The van der Waals surface area contributed by atoms with Gasteiger partial charge in [-0.05, 0) is 23.1 Å². The molecule has 0 saturated carbocycles. The molecule has 0 radical (unpaired) electrons. The highest BCUT2D eigenvalue weighted by atomic mass is 16.2. The van der Waals surface area contributed by atoms with Crippen molar-refractivity contribution in [2.24, 2.45) is 14.1 Å². The minimum absolute atomic E-state index is 0.0206. The summed E-state index contributed by atoms with van der Waals surface area (Å²) in [5.74, 6) is -0.225. The number of aromatic nitrogens is 4. The molecule has 0 fully saturated rings. The van der Waals surface area contributed by atoms with E-state index in [0.29, 0.717) is 5.69 Å². The highest BCUT2D eigenvalue weighted by Crippen LogP contribution is 2.29. The van der Waals surface area contributed by atoms with Crippen LogP contribution in [0, 0.1) is 0 Å². The number of anilines is 1. The monoisotopic (exact) mass is 405 g/mol. The van der Waals surface area contributed by atoms with Crippen LogP contribution in [0.4, 0.5) is 5.69 Å². The van der Waals surface area contributed by atoms with Crippen LogP contribution < -0.4 is 16.6 Å². The Kier molecular flexibility index (Phi) is 4.77. The van der Waals surface area contributed by atoms with Gasteiger partial charge in [-0.15, -0.1) is 0 Å². The molecule has 0 aliphatic heterocycles. The van der Waals surface area contributed by atoms with E-state index in [-0.39, 0.29) is 29.3 Å². The third kappa shape index (κ3) is 3.10. The van der Waals surface area contributed by atoms with Crippen LogP contribution >= 0.6 is 0 Å². The molecule has 1 amide bonds. The molecular weight excluding hydrogens is 382 g/mol. The molecule has 8 nitrogen and oxygen atoms in total. The molecule has 0 unspecified atom stereocenters. The van der Waals surface area contributed by atoms with E-state index >= 15 is 0 Å². The lowest BCUT2D eigenvalue weighted by Gasteiger charge is -2.17. The maximum Gasteiger partial charge on any atom is 0.332 e. The summed E-state index contributed by atoms with van der Waals surface area (Å²) in [7, 11) is 2.98. The van der Waals surface area contributed by atoms with Crippen LogP contribution in [-0.2, 0) is 25.3 Å². The number of carbonyl (C=O) groups is 1. The van der Waals surface area contributed by atoms with Gasteiger partial charge in [0.1, 0.15) is 5.39 Å². The molecule has 0 spiro atoms. The van der Waals surface area contributed by atoms with E-state index < -0.39 is 11.2 Å². The summed E-state index contributed by atoms with van der Waals surface area (Å²) < 4.78 is 2.35. The van der Waals surface area contributed by atoms with E-state index in [4.69, 9.17) is 0 Å². The van der Waals surface area contributed by atoms with E-state index in [1.165, 1.54) is 11.6 Å². The molecule has 8 heteroatoms. The normalized spacial score (nSPS) is 11.5. The fourth-order valence-electron chi connectivity index (χ4n) is 3.75. The summed E-state index contributed by atoms with van der Waals surface area (Å²) in [6, 6.07) is 7.77. The molecule has 4 aromatic rings. The predicted octanol–water partition coefficient (Wildman–Crippen LogP) is 2.42. The number of carbonyl (C=O) groups excluding carboxylic acids is 1. The van der Waals surface area contributed by atoms with Crippen molar-refractivity contribution in [3.05, 3.63) is 68.6 Å².